The number of halogens is 1. The quantitative estimate of drug-likeness (QED) is 0.805. The van der Waals surface area contributed by atoms with Gasteiger partial charge in [-0.25, -0.2) is 4.79 Å². The van der Waals surface area contributed by atoms with E-state index in [9.17, 15) is 14.0 Å². The first-order valence-corrected chi connectivity index (χ1v) is 7.87. The van der Waals surface area contributed by atoms with Crippen molar-refractivity contribution in [1.29, 1.82) is 0 Å². The summed E-state index contributed by atoms with van der Waals surface area (Å²) in [6.07, 6.45) is -0.551. The standard InChI is InChI=1S/C19H16FNO3/c1-21(19(10-11-19)17(20)22)18(23)24-16-14-8-4-2-6-12(14)13-7-3-5-9-15(13)16/h2-9,16H,10-11H2,1H3. The van der Waals surface area contributed by atoms with Gasteiger partial charge in [0, 0.05) is 18.2 Å². The van der Waals surface area contributed by atoms with E-state index in [1.165, 1.54) is 7.05 Å². The highest BCUT2D eigenvalue weighted by Crippen LogP contribution is 2.47. The van der Waals surface area contributed by atoms with Crippen molar-refractivity contribution in [2.45, 2.75) is 24.5 Å². The molecule has 5 heteroatoms. The zero-order chi connectivity index (χ0) is 16.9. The Morgan fingerprint density at radius 3 is 2.00 bits per heavy atom. The summed E-state index contributed by atoms with van der Waals surface area (Å²) in [7, 11) is 1.42. The lowest BCUT2D eigenvalue weighted by molar-refractivity contribution is -0.135. The fourth-order valence-corrected chi connectivity index (χ4v) is 3.37. The van der Waals surface area contributed by atoms with Crippen LogP contribution in [0.15, 0.2) is 48.5 Å². The maximum Gasteiger partial charge on any atom is 0.411 e. The van der Waals surface area contributed by atoms with Crippen LogP contribution < -0.4 is 0 Å². The molecule has 1 amide bonds. The van der Waals surface area contributed by atoms with Gasteiger partial charge in [-0.3, -0.25) is 9.69 Å². The van der Waals surface area contributed by atoms with Crippen molar-refractivity contribution in [1.82, 2.24) is 4.90 Å². The Kier molecular flexibility index (Phi) is 3.20. The molecule has 2 aromatic carbocycles. The Bertz CT molecular complexity index is 799. The molecule has 0 spiro atoms. The van der Waals surface area contributed by atoms with Crippen LogP contribution in [0.3, 0.4) is 0 Å². The molecule has 0 atom stereocenters. The van der Waals surface area contributed by atoms with E-state index < -0.39 is 23.8 Å². The average Bonchev–Trinajstić information content (AvgIpc) is 3.36. The van der Waals surface area contributed by atoms with Gasteiger partial charge in [-0.05, 0) is 24.0 Å². The largest absolute Gasteiger partial charge is 0.436 e. The molecule has 0 radical (unpaired) electrons. The SMILES string of the molecule is CN(C(=O)OC1c2ccccc2-c2ccccc21)C1(C(=O)F)CC1. The Labute approximate surface area is 138 Å². The number of carbonyl (C=O) groups is 2. The second-order valence-corrected chi connectivity index (χ2v) is 6.30. The van der Waals surface area contributed by atoms with E-state index >= 15 is 0 Å². The monoisotopic (exact) mass is 325 g/mol. The Morgan fingerprint density at radius 2 is 1.54 bits per heavy atom. The fraction of sp³-hybridized carbons (Fsp3) is 0.263. The van der Waals surface area contributed by atoms with Crippen LogP contribution in [0.4, 0.5) is 9.18 Å². The summed E-state index contributed by atoms with van der Waals surface area (Å²) in [5, 5.41) is 0. The zero-order valence-electron chi connectivity index (χ0n) is 13.2. The zero-order valence-corrected chi connectivity index (χ0v) is 13.2. The van der Waals surface area contributed by atoms with Crippen LogP contribution in [0.2, 0.25) is 0 Å². The van der Waals surface area contributed by atoms with Crippen LogP contribution in [0, 0.1) is 0 Å². The molecule has 24 heavy (non-hydrogen) atoms. The molecule has 2 aliphatic carbocycles. The summed E-state index contributed by atoms with van der Waals surface area (Å²) < 4.78 is 18.9. The predicted octanol–water partition coefficient (Wildman–Crippen LogP) is 3.85. The van der Waals surface area contributed by atoms with E-state index in [0.29, 0.717) is 12.8 Å². The molecule has 4 nitrogen and oxygen atoms in total. The van der Waals surface area contributed by atoms with E-state index in [4.69, 9.17) is 4.74 Å². The molecule has 0 N–H and O–H groups in total. The second-order valence-electron chi connectivity index (χ2n) is 6.30. The van der Waals surface area contributed by atoms with Gasteiger partial charge in [0.25, 0.3) is 0 Å². The van der Waals surface area contributed by atoms with Crippen LogP contribution >= 0.6 is 0 Å². The van der Waals surface area contributed by atoms with Gasteiger partial charge < -0.3 is 4.74 Å². The van der Waals surface area contributed by atoms with Crippen LogP contribution in [-0.2, 0) is 9.53 Å². The van der Waals surface area contributed by atoms with Crippen molar-refractivity contribution in [2.75, 3.05) is 7.05 Å². The first kappa shape index (κ1) is 14.9. The maximum atomic E-state index is 13.3. The predicted molar refractivity (Wildman–Crippen MR) is 86.0 cm³/mol. The van der Waals surface area contributed by atoms with Gasteiger partial charge in [0.15, 0.2) is 6.10 Å². The fourth-order valence-electron chi connectivity index (χ4n) is 3.37. The molecule has 4 rings (SSSR count). The van der Waals surface area contributed by atoms with Crippen LogP contribution in [-0.4, -0.2) is 29.6 Å². The molecular formula is C19H16FNO3. The van der Waals surface area contributed by atoms with Gasteiger partial charge in [0.2, 0.25) is 0 Å². The molecule has 122 valence electrons. The summed E-state index contributed by atoms with van der Waals surface area (Å²) in [5.41, 5.74) is 2.52. The summed E-state index contributed by atoms with van der Waals surface area (Å²) >= 11 is 0. The number of hydrogen-bond acceptors (Lipinski definition) is 3. The van der Waals surface area contributed by atoms with Crippen molar-refractivity contribution < 1.29 is 18.7 Å². The second kappa shape index (κ2) is 5.16. The van der Waals surface area contributed by atoms with E-state index in [-0.39, 0.29) is 0 Å². The van der Waals surface area contributed by atoms with Crippen LogP contribution in [0.25, 0.3) is 11.1 Å². The molecule has 1 saturated carbocycles. The minimum Gasteiger partial charge on any atom is -0.436 e. The molecule has 2 aliphatic rings. The number of likely N-dealkylation sites (N-methyl/N-ethyl adjacent to an activating group) is 1. The Hall–Kier alpha value is -2.69. The summed E-state index contributed by atoms with van der Waals surface area (Å²) in [6, 6.07) is 14.0. The van der Waals surface area contributed by atoms with E-state index in [1.54, 1.807) is 0 Å². The Balaban J connectivity index is 1.65. The highest BCUT2D eigenvalue weighted by Gasteiger charge is 2.56. The highest BCUT2D eigenvalue weighted by molar-refractivity contribution is 5.88. The van der Waals surface area contributed by atoms with Gasteiger partial charge in [-0.2, -0.15) is 4.39 Å². The number of hydrogen-bond donors (Lipinski definition) is 0. The van der Waals surface area contributed by atoms with E-state index in [0.717, 1.165) is 27.2 Å². The first-order chi connectivity index (χ1) is 11.5. The minimum absolute atomic E-state index is 0.339. The topological polar surface area (TPSA) is 46.6 Å². The first-order valence-electron chi connectivity index (χ1n) is 7.87. The number of carbonyl (C=O) groups excluding carboxylic acids is 2. The van der Waals surface area contributed by atoms with Crippen molar-refractivity contribution in [3.63, 3.8) is 0 Å². The van der Waals surface area contributed by atoms with Gasteiger partial charge in [0.05, 0.1) is 0 Å². The lowest BCUT2D eigenvalue weighted by atomic mass is 10.1. The third-order valence-corrected chi connectivity index (χ3v) is 5.00. The third kappa shape index (κ3) is 2.04. The molecule has 2 aromatic rings. The number of nitrogens with zero attached hydrogens (tertiary/aromatic N) is 1. The Morgan fingerprint density at radius 1 is 1.04 bits per heavy atom. The molecular weight excluding hydrogens is 309 g/mol. The molecule has 0 heterocycles. The molecule has 0 unspecified atom stereocenters. The molecule has 0 saturated heterocycles. The van der Waals surface area contributed by atoms with Crippen molar-refractivity contribution in [3.05, 3.63) is 59.7 Å². The normalized spacial score (nSPS) is 16.9. The van der Waals surface area contributed by atoms with E-state index in [2.05, 4.69) is 0 Å². The lowest BCUT2D eigenvalue weighted by Crippen LogP contribution is -2.43. The van der Waals surface area contributed by atoms with Crippen molar-refractivity contribution in [2.24, 2.45) is 0 Å². The molecule has 1 fully saturated rings. The lowest BCUT2D eigenvalue weighted by Gasteiger charge is -2.25. The summed E-state index contributed by atoms with van der Waals surface area (Å²) in [5.74, 6) is 0. The maximum absolute atomic E-state index is 13.3. The number of rotatable bonds is 3. The van der Waals surface area contributed by atoms with Gasteiger partial charge in [0.1, 0.15) is 5.54 Å². The summed E-state index contributed by atoms with van der Waals surface area (Å²) in [4.78, 5) is 24.8. The minimum atomic E-state index is -1.48. The van der Waals surface area contributed by atoms with Gasteiger partial charge in [-0.1, -0.05) is 48.5 Å². The molecule has 0 bridgehead atoms. The number of fused-ring (bicyclic) bond motifs is 3. The third-order valence-electron chi connectivity index (χ3n) is 5.00. The van der Waals surface area contributed by atoms with Crippen LogP contribution in [0.5, 0.6) is 0 Å². The van der Waals surface area contributed by atoms with E-state index in [1.807, 2.05) is 48.5 Å². The van der Waals surface area contributed by atoms with Gasteiger partial charge in [-0.15, -0.1) is 0 Å². The average molecular weight is 325 g/mol. The number of ether oxygens (including phenoxy) is 1. The number of amides is 1. The molecule has 0 aromatic heterocycles. The van der Waals surface area contributed by atoms with Gasteiger partial charge >= 0.3 is 12.1 Å². The highest BCUT2D eigenvalue weighted by atomic mass is 19.1. The van der Waals surface area contributed by atoms with Crippen LogP contribution in [0.1, 0.15) is 30.1 Å². The number of benzene rings is 2. The van der Waals surface area contributed by atoms with Crippen molar-refractivity contribution in [3.8, 4) is 11.1 Å². The smallest absolute Gasteiger partial charge is 0.411 e. The van der Waals surface area contributed by atoms with Crippen molar-refractivity contribution >= 4 is 12.1 Å². The molecule has 0 aliphatic heterocycles. The summed E-state index contributed by atoms with van der Waals surface area (Å²) in [6.45, 7) is 0.